The maximum absolute atomic E-state index is 10.4. The SMILES string of the molecule is N[C@@H](Cc1ccccc1)C(=O)O.O=C(O)c1ccccc1. The quantitative estimate of drug-likeness (QED) is 0.798. The summed E-state index contributed by atoms with van der Waals surface area (Å²) in [5, 5.41) is 16.9. The van der Waals surface area contributed by atoms with E-state index < -0.39 is 18.0 Å². The summed E-state index contributed by atoms with van der Waals surface area (Å²) in [4.78, 5) is 20.6. The molecule has 0 aliphatic rings. The molecule has 2 aromatic rings. The van der Waals surface area contributed by atoms with Gasteiger partial charge in [-0.15, -0.1) is 0 Å². The first-order valence-electron chi connectivity index (χ1n) is 6.31. The van der Waals surface area contributed by atoms with Crippen LogP contribution in [0.5, 0.6) is 0 Å². The summed E-state index contributed by atoms with van der Waals surface area (Å²) in [6, 6.07) is 16.8. The van der Waals surface area contributed by atoms with Crippen LogP contribution < -0.4 is 5.73 Å². The molecule has 0 bridgehead atoms. The molecule has 1 atom stereocenters. The number of carboxylic acid groups (broad SMARTS) is 2. The first-order chi connectivity index (χ1) is 10.0. The second kappa shape index (κ2) is 8.50. The van der Waals surface area contributed by atoms with Crippen molar-refractivity contribution in [1.82, 2.24) is 0 Å². The standard InChI is InChI=1S/C9H11NO2.C7H6O2/c10-8(9(11)12)6-7-4-2-1-3-5-7;8-7(9)6-4-2-1-3-5-6/h1-5,8H,6,10H2,(H,11,12);1-5H,(H,8,9)/t8-;/m0./s1. The van der Waals surface area contributed by atoms with E-state index in [1.165, 1.54) is 0 Å². The van der Waals surface area contributed by atoms with Crippen molar-refractivity contribution in [2.24, 2.45) is 5.73 Å². The molecule has 0 aromatic heterocycles. The van der Waals surface area contributed by atoms with Crippen LogP contribution in [0.25, 0.3) is 0 Å². The predicted octanol–water partition coefficient (Wildman–Crippen LogP) is 2.03. The number of hydrogen-bond donors (Lipinski definition) is 3. The smallest absolute Gasteiger partial charge is 0.335 e. The number of hydrogen-bond acceptors (Lipinski definition) is 3. The number of carbonyl (C=O) groups is 2. The first-order valence-corrected chi connectivity index (χ1v) is 6.31. The molecule has 5 heteroatoms. The van der Waals surface area contributed by atoms with E-state index in [9.17, 15) is 9.59 Å². The van der Waals surface area contributed by atoms with Gasteiger partial charge in [0.05, 0.1) is 5.56 Å². The van der Waals surface area contributed by atoms with Crippen LogP contribution in [-0.2, 0) is 11.2 Å². The topological polar surface area (TPSA) is 101 Å². The van der Waals surface area contributed by atoms with Crippen molar-refractivity contribution in [3.05, 3.63) is 71.8 Å². The molecule has 0 aliphatic heterocycles. The van der Waals surface area contributed by atoms with E-state index in [0.717, 1.165) is 5.56 Å². The fraction of sp³-hybridized carbons (Fsp3) is 0.125. The van der Waals surface area contributed by atoms with Gasteiger partial charge in [0.25, 0.3) is 0 Å². The summed E-state index contributed by atoms with van der Waals surface area (Å²) in [6.45, 7) is 0. The fourth-order valence-corrected chi connectivity index (χ4v) is 1.54. The van der Waals surface area contributed by atoms with E-state index in [0.29, 0.717) is 12.0 Å². The van der Waals surface area contributed by atoms with Crippen molar-refractivity contribution in [3.8, 4) is 0 Å². The van der Waals surface area contributed by atoms with Gasteiger partial charge >= 0.3 is 11.9 Å². The molecule has 0 saturated heterocycles. The summed E-state index contributed by atoms with van der Waals surface area (Å²) >= 11 is 0. The van der Waals surface area contributed by atoms with E-state index in [2.05, 4.69) is 0 Å². The Balaban J connectivity index is 0.000000219. The largest absolute Gasteiger partial charge is 0.480 e. The lowest BCUT2D eigenvalue weighted by Crippen LogP contribution is -2.32. The Bertz CT molecular complexity index is 569. The number of aliphatic carboxylic acids is 1. The van der Waals surface area contributed by atoms with Crippen LogP contribution in [-0.4, -0.2) is 28.2 Å². The highest BCUT2D eigenvalue weighted by Gasteiger charge is 2.10. The van der Waals surface area contributed by atoms with Gasteiger partial charge in [-0.2, -0.15) is 0 Å². The maximum Gasteiger partial charge on any atom is 0.335 e. The number of rotatable bonds is 4. The summed E-state index contributed by atoms with van der Waals surface area (Å²) < 4.78 is 0. The molecular weight excluding hydrogens is 270 g/mol. The third-order valence-corrected chi connectivity index (χ3v) is 2.64. The Morgan fingerprint density at radius 1 is 0.905 bits per heavy atom. The molecule has 0 heterocycles. The Hall–Kier alpha value is -2.66. The molecule has 4 N–H and O–H groups in total. The van der Waals surface area contributed by atoms with E-state index >= 15 is 0 Å². The molecule has 0 amide bonds. The third kappa shape index (κ3) is 6.35. The van der Waals surface area contributed by atoms with Gasteiger partial charge in [-0.3, -0.25) is 4.79 Å². The Labute approximate surface area is 122 Å². The zero-order valence-corrected chi connectivity index (χ0v) is 11.3. The third-order valence-electron chi connectivity index (χ3n) is 2.64. The number of benzene rings is 2. The van der Waals surface area contributed by atoms with Crippen molar-refractivity contribution < 1.29 is 19.8 Å². The second-order valence-electron chi connectivity index (χ2n) is 4.31. The number of carboxylic acids is 2. The van der Waals surface area contributed by atoms with Crippen LogP contribution in [0.2, 0.25) is 0 Å². The van der Waals surface area contributed by atoms with Gasteiger partial charge in [0.1, 0.15) is 6.04 Å². The fourth-order valence-electron chi connectivity index (χ4n) is 1.54. The van der Waals surface area contributed by atoms with Gasteiger partial charge in [0, 0.05) is 0 Å². The van der Waals surface area contributed by atoms with Crippen LogP contribution >= 0.6 is 0 Å². The average Bonchev–Trinajstić information content (AvgIpc) is 2.49. The highest BCUT2D eigenvalue weighted by atomic mass is 16.4. The molecule has 0 spiro atoms. The normalized spacial score (nSPS) is 10.9. The van der Waals surface area contributed by atoms with Crippen molar-refractivity contribution in [3.63, 3.8) is 0 Å². The lowest BCUT2D eigenvalue weighted by molar-refractivity contribution is -0.138. The summed E-state index contributed by atoms with van der Waals surface area (Å²) in [5.41, 5.74) is 6.63. The van der Waals surface area contributed by atoms with Crippen LogP contribution in [0.15, 0.2) is 60.7 Å². The first kappa shape index (κ1) is 16.4. The maximum atomic E-state index is 10.4. The Morgan fingerprint density at radius 3 is 1.76 bits per heavy atom. The molecule has 5 nitrogen and oxygen atoms in total. The molecule has 110 valence electrons. The van der Waals surface area contributed by atoms with Gasteiger partial charge < -0.3 is 15.9 Å². The molecule has 2 aromatic carbocycles. The van der Waals surface area contributed by atoms with Crippen molar-refractivity contribution >= 4 is 11.9 Å². The molecule has 0 unspecified atom stereocenters. The van der Waals surface area contributed by atoms with Crippen molar-refractivity contribution in [2.75, 3.05) is 0 Å². The van der Waals surface area contributed by atoms with Crippen LogP contribution in [0.3, 0.4) is 0 Å². The monoisotopic (exact) mass is 287 g/mol. The van der Waals surface area contributed by atoms with E-state index in [-0.39, 0.29) is 0 Å². The van der Waals surface area contributed by atoms with Crippen LogP contribution in [0.4, 0.5) is 0 Å². The van der Waals surface area contributed by atoms with E-state index in [1.54, 1.807) is 30.3 Å². The minimum atomic E-state index is -0.959. The highest BCUT2D eigenvalue weighted by Crippen LogP contribution is 2.01. The van der Waals surface area contributed by atoms with Gasteiger partial charge in [0.2, 0.25) is 0 Å². The zero-order chi connectivity index (χ0) is 15.7. The Morgan fingerprint density at radius 2 is 1.38 bits per heavy atom. The second-order valence-corrected chi connectivity index (χ2v) is 4.31. The van der Waals surface area contributed by atoms with Gasteiger partial charge in [-0.05, 0) is 24.1 Å². The zero-order valence-electron chi connectivity index (χ0n) is 11.3. The molecule has 0 saturated carbocycles. The van der Waals surface area contributed by atoms with E-state index in [4.69, 9.17) is 15.9 Å². The summed E-state index contributed by atoms with van der Waals surface area (Å²) in [7, 11) is 0. The van der Waals surface area contributed by atoms with Crippen molar-refractivity contribution in [2.45, 2.75) is 12.5 Å². The molecule has 0 radical (unpaired) electrons. The minimum Gasteiger partial charge on any atom is -0.480 e. The Kier molecular flexibility index (Phi) is 6.63. The molecule has 0 fully saturated rings. The minimum absolute atomic E-state index is 0.331. The lowest BCUT2D eigenvalue weighted by Gasteiger charge is -2.04. The highest BCUT2D eigenvalue weighted by molar-refractivity contribution is 5.87. The summed E-state index contributed by atoms with van der Waals surface area (Å²) in [6.07, 6.45) is 0.385. The lowest BCUT2D eigenvalue weighted by atomic mass is 10.1. The molecular formula is C16H17NO4. The van der Waals surface area contributed by atoms with Crippen LogP contribution in [0.1, 0.15) is 15.9 Å². The number of nitrogens with two attached hydrogens (primary N) is 1. The van der Waals surface area contributed by atoms with Crippen LogP contribution in [0, 0.1) is 0 Å². The predicted molar refractivity (Wildman–Crippen MR) is 79.2 cm³/mol. The molecule has 0 aliphatic carbocycles. The molecule has 2 rings (SSSR count). The molecule has 21 heavy (non-hydrogen) atoms. The van der Waals surface area contributed by atoms with Gasteiger partial charge in [-0.25, -0.2) is 4.79 Å². The van der Waals surface area contributed by atoms with Crippen molar-refractivity contribution in [1.29, 1.82) is 0 Å². The van der Waals surface area contributed by atoms with Gasteiger partial charge in [0.15, 0.2) is 0 Å². The number of aromatic carboxylic acids is 1. The summed E-state index contributed by atoms with van der Waals surface area (Å²) in [5.74, 6) is -1.84. The average molecular weight is 287 g/mol. The van der Waals surface area contributed by atoms with E-state index in [1.807, 2.05) is 30.3 Å². The van der Waals surface area contributed by atoms with Gasteiger partial charge in [-0.1, -0.05) is 48.5 Å².